The first-order valence-electron chi connectivity index (χ1n) is 7.22. The summed E-state index contributed by atoms with van der Waals surface area (Å²) in [6.45, 7) is 7.30. The third kappa shape index (κ3) is 4.21. The topological polar surface area (TPSA) is 61.6 Å². The number of anilines is 1. The molecular weight excluding hydrogens is 252 g/mol. The van der Waals surface area contributed by atoms with Gasteiger partial charge in [0, 0.05) is 38.3 Å². The zero-order valence-corrected chi connectivity index (χ0v) is 12.1. The summed E-state index contributed by atoms with van der Waals surface area (Å²) in [7, 11) is 0. The highest BCUT2D eigenvalue weighted by Gasteiger charge is 2.16. The SMILES string of the molecule is Cc1cccc(N2CCN(CCCC(=O)NN)CC2)c1. The van der Waals surface area contributed by atoms with Gasteiger partial charge in [-0.15, -0.1) is 0 Å². The number of nitrogens with one attached hydrogen (secondary N) is 1. The summed E-state index contributed by atoms with van der Waals surface area (Å²) in [5.41, 5.74) is 4.79. The molecule has 1 aromatic rings. The first kappa shape index (κ1) is 14.8. The molecule has 3 N–H and O–H groups in total. The molecule has 5 heteroatoms. The van der Waals surface area contributed by atoms with Crippen LogP contribution in [0.2, 0.25) is 0 Å². The first-order valence-corrected chi connectivity index (χ1v) is 7.22. The molecule has 0 saturated carbocycles. The molecule has 1 aliphatic heterocycles. The molecule has 1 saturated heterocycles. The van der Waals surface area contributed by atoms with Gasteiger partial charge in [-0.2, -0.15) is 0 Å². The Morgan fingerprint density at radius 1 is 1.30 bits per heavy atom. The minimum Gasteiger partial charge on any atom is -0.369 e. The molecule has 5 nitrogen and oxygen atoms in total. The summed E-state index contributed by atoms with van der Waals surface area (Å²) in [4.78, 5) is 15.9. The second-order valence-electron chi connectivity index (χ2n) is 5.34. The second kappa shape index (κ2) is 7.26. The number of hydrazine groups is 1. The van der Waals surface area contributed by atoms with Gasteiger partial charge >= 0.3 is 0 Å². The van der Waals surface area contributed by atoms with Crippen LogP contribution in [0.15, 0.2) is 24.3 Å². The van der Waals surface area contributed by atoms with E-state index in [1.807, 2.05) is 0 Å². The number of nitrogens with zero attached hydrogens (tertiary/aromatic N) is 2. The summed E-state index contributed by atoms with van der Waals surface area (Å²) in [6.07, 6.45) is 1.38. The van der Waals surface area contributed by atoms with Gasteiger partial charge in [0.1, 0.15) is 0 Å². The van der Waals surface area contributed by atoms with Crippen molar-refractivity contribution in [3.63, 3.8) is 0 Å². The molecule has 0 aromatic heterocycles. The number of hydrogen-bond acceptors (Lipinski definition) is 4. The lowest BCUT2D eigenvalue weighted by atomic mass is 10.2. The Morgan fingerprint density at radius 2 is 2.05 bits per heavy atom. The fraction of sp³-hybridized carbons (Fsp3) is 0.533. The van der Waals surface area contributed by atoms with Crippen LogP contribution in [0.1, 0.15) is 18.4 Å². The minimum absolute atomic E-state index is 0.0802. The molecular formula is C15H24N4O. The average molecular weight is 276 g/mol. The quantitative estimate of drug-likeness (QED) is 0.476. The Kier molecular flexibility index (Phi) is 5.38. The molecule has 110 valence electrons. The minimum atomic E-state index is -0.0802. The molecule has 1 aliphatic rings. The van der Waals surface area contributed by atoms with Crippen molar-refractivity contribution in [2.45, 2.75) is 19.8 Å². The van der Waals surface area contributed by atoms with Crippen molar-refractivity contribution in [3.05, 3.63) is 29.8 Å². The van der Waals surface area contributed by atoms with Crippen molar-refractivity contribution >= 4 is 11.6 Å². The number of rotatable bonds is 5. The Hall–Kier alpha value is -1.59. The Balaban J connectivity index is 1.74. The predicted octanol–water partition coefficient (Wildman–Crippen LogP) is 0.887. The van der Waals surface area contributed by atoms with Crippen molar-refractivity contribution in [2.24, 2.45) is 5.84 Å². The van der Waals surface area contributed by atoms with E-state index in [9.17, 15) is 4.79 Å². The summed E-state index contributed by atoms with van der Waals surface area (Å²) in [5, 5.41) is 0. The van der Waals surface area contributed by atoms with Gasteiger partial charge in [-0.25, -0.2) is 5.84 Å². The molecule has 0 radical (unpaired) electrons. The van der Waals surface area contributed by atoms with Gasteiger partial charge < -0.3 is 4.90 Å². The van der Waals surface area contributed by atoms with E-state index in [0.29, 0.717) is 6.42 Å². The van der Waals surface area contributed by atoms with E-state index in [1.54, 1.807) is 0 Å². The number of nitrogens with two attached hydrogens (primary N) is 1. The highest BCUT2D eigenvalue weighted by atomic mass is 16.2. The number of benzene rings is 1. The molecule has 1 aromatic carbocycles. The predicted molar refractivity (Wildman–Crippen MR) is 81.4 cm³/mol. The van der Waals surface area contributed by atoms with E-state index in [4.69, 9.17) is 5.84 Å². The average Bonchev–Trinajstić information content (AvgIpc) is 2.48. The van der Waals surface area contributed by atoms with Crippen molar-refractivity contribution in [2.75, 3.05) is 37.6 Å². The van der Waals surface area contributed by atoms with Crippen LogP contribution < -0.4 is 16.2 Å². The molecule has 0 atom stereocenters. The Morgan fingerprint density at radius 3 is 2.70 bits per heavy atom. The number of carbonyl (C=O) groups is 1. The van der Waals surface area contributed by atoms with Crippen molar-refractivity contribution in [1.29, 1.82) is 0 Å². The fourth-order valence-electron chi connectivity index (χ4n) is 2.59. The Bertz CT molecular complexity index is 441. The molecule has 0 unspecified atom stereocenters. The van der Waals surface area contributed by atoms with Gasteiger partial charge in [-0.1, -0.05) is 12.1 Å². The number of aryl methyl sites for hydroxylation is 1. The molecule has 1 fully saturated rings. The van der Waals surface area contributed by atoms with E-state index >= 15 is 0 Å². The standard InChI is InChI=1S/C15H24N4O/c1-13-4-2-5-14(12-13)19-10-8-18(9-11-19)7-3-6-15(20)17-16/h2,4-5,12H,3,6-11,16H2,1H3,(H,17,20). The largest absolute Gasteiger partial charge is 0.369 e. The number of piperazine rings is 1. The number of amides is 1. The Labute approximate surface area is 120 Å². The number of hydrogen-bond donors (Lipinski definition) is 2. The third-order valence-corrected chi connectivity index (χ3v) is 3.78. The molecule has 1 heterocycles. The first-order chi connectivity index (χ1) is 9.69. The second-order valence-corrected chi connectivity index (χ2v) is 5.34. The van der Waals surface area contributed by atoms with Crippen LogP contribution in [0, 0.1) is 6.92 Å². The van der Waals surface area contributed by atoms with E-state index in [1.165, 1.54) is 11.3 Å². The molecule has 2 rings (SSSR count). The monoisotopic (exact) mass is 276 g/mol. The van der Waals surface area contributed by atoms with Crippen LogP contribution in [-0.4, -0.2) is 43.5 Å². The van der Waals surface area contributed by atoms with Crippen LogP contribution in [0.5, 0.6) is 0 Å². The van der Waals surface area contributed by atoms with E-state index < -0.39 is 0 Å². The molecule has 0 spiro atoms. The lowest BCUT2D eigenvalue weighted by Crippen LogP contribution is -2.46. The van der Waals surface area contributed by atoms with Gasteiger partial charge in [-0.05, 0) is 37.6 Å². The summed E-state index contributed by atoms with van der Waals surface area (Å²) < 4.78 is 0. The summed E-state index contributed by atoms with van der Waals surface area (Å²) >= 11 is 0. The maximum atomic E-state index is 11.1. The summed E-state index contributed by atoms with van der Waals surface area (Å²) in [6, 6.07) is 8.65. The van der Waals surface area contributed by atoms with E-state index in [0.717, 1.165) is 39.1 Å². The van der Waals surface area contributed by atoms with E-state index in [-0.39, 0.29) is 5.91 Å². The van der Waals surface area contributed by atoms with E-state index in [2.05, 4.69) is 46.4 Å². The van der Waals surface area contributed by atoms with Crippen LogP contribution >= 0.6 is 0 Å². The van der Waals surface area contributed by atoms with Gasteiger partial charge in [0.2, 0.25) is 5.91 Å². The maximum Gasteiger partial charge on any atom is 0.233 e. The van der Waals surface area contributed by atoms with Crippen molar-refractivity contribution < 1.29 is 4.79 Å². The van der Waals surface area contributed by atoms with Gasteiger partial charge in [0.05, 0.1) is 0 Å². The number of carbonyl (C=O) groups excluding carboxylic acids is 1. The highest BCUT2D eigenvalue weighted by Crippen LogP contribution is 2.17. The van der Waals surface area contributed by atoms with Crippen molar-refractivity contribution in [3.8, 4) is 0 Å². The maximum absolute atomic E-state index is 11.1. The molecule has 0 aliphatic carbocycles. The van der Waals surface area contributed by atoms with Gasteiger partial charge in [-0.3, -0.25) is 15.1 Å². The molecule has 1 amide bonds. The smallest absolute Gasteiger partial charge is 0.233 e. The molecule has 20 heavy (non-hydrogen) atoms. The van der Waals surface area contributed by atoms with Crippen LogP contribution in [0.25, 0.3) is 0 Å². The lowest BCUT2D eigenvalue weighted by molar-refractivity contribution is -0.121. The van der Waals surface area contributed by atoms with Crippen LogP contribution in [0.4, 0.5) is 5.69 Å². The van der Waals surface area contributed by atoms with Gasteiger partial charge in [0.25, 0.3) is 0 Å². The fourth-order valence-corrected chi connectivity index (χ4v) is 2.59. The normalized spacial score (nSPS) is 16.2. The lowest BCUT2D eigenvalue weighted by Gasteiger charge is -2.36. The zero-order chi connectivity index (χ0) is 14.4. The zero-order valence-electron chi connectivity index (χ0n) is 12.1. The molecule has 0 bridgehead atoms. The van der Waals surface area contributed by atoms with Crippen LogP contribution in [0.3, 0.4) is 0 Å². The van der Waals surface area contributed by atoms with Gasteiger partial charge in [0.15, 0.2) is 0 Å². The highest BCUT2D eigenvalue weighted by molar-refractivity contribution is 5.75. The summed E-state index contributed by atoms with van der Waals surface area (Å²) in [5.74, 6) is 4.99. The third-order valence-electron chi connectivity index (χ3n) is 3.78. The van der Waals surface area contributed by atoms with Crippen LogP contribution in [-0.2, 0) is 4.79 Å². The van der Waals surface area contributed by atoms with Crippen molar-refractivity contribution in [1.82, 2.24) is 10.3 Å².